The number of piperazine rings is 1. The minimum atomic E-state index is 0.476. The molecule has 1 aromatic rings. The Morgan fingerprint density at radius 3 is 2.47 bits per heavy atom. The van der Waals surface area contributed by atoms with E-state index in [1.807, 2.05) is 0 Å². The number of hydrogen-bond acceptors (Lipinski definition) is 2. The molecule has 1 aliphatic carbocycles. The van der Waals surface area contributed by atoms with Gasteiger partial charge in [-0.05, 0) is 31.2 Å². The first-order valence-electron chi connectivity index (χ1n) is 7.65. The van der Waals surface area contributed by atoms with Gasteiger partial charge in [0.2, 0.25) is 0 Å². The van der Waals surface area contributed by atoms with Gasteiger partial charge >= 0.3 is 0 Å². The first kappa shape index (κ1) is 13.1. The molecule has 1 N–H and O–H groups in total. The van der Waals surface area contributed by atoms with E-state index < -0.39 is 0 Å². The summed E-state index contributed by atoms with van der Waals surface area (Å²) < 4.78 is 0. The standard InChI is InChI=1S/C17H26N2/c1-13(2)16-11-18-15(14-7-5-4-6-8-14)12-19(16)17(3)9-10-17/h4-8,13,15-16,18H,9-12H2,1-3H3. The third kappa shape index (κ3) is 2.56. The van der Waals surface area contributed by atoms with Gasteiger partial charge in [0.1, 0.15) is 0 Å². The predicted octanol–water partition coefficient (Wildman–Crippen LogP) is 3.21. The summed E-state index contributed by atoms with van der Waals surface area (Å²) in [7, 11) is 0. The van der Waals surface area contributed by atoms with E-state index >= 15 is 0 Å². The molecule has 19 heavy (non-hydrogen) atoms. The van der Waals surface area contributed by atoms with Crippen LogP contribution in [-0.4, -0.2) is 29.6 Å². The van der Waals surface area contributed by atoms with Gasteiger partial charge in [-0.15, -0.1) is 0 Å². The lowest BCUT2D eigenvalue weighted by Crippen LogP contribution is -2.58. The highest BCUT2D eigenvalue weighted by Crippen LogP contribution is 2.45. The Morgan fingerprint density at radius 2 is 1.89 bits per heavy atom. The van der Waals surface area contributed by atoms with Gasteiger partial charge < -0.3 is 5.32 Å². The summed E-state index contributed by atoms with van der Waals surface area (Å²) >= 11 is 0. The summed E-state index contributed by atoms with van der Waals surface area (Å²) in [6.45, 7) is 9.42. The summed E-state index contributed by atoms with van der Waals surface area (Å²) in [6.07, 6.45) is 2.75. The Kier molecular flexibility index (Phi) is 3.40. The van der Waals surface area contributed by atoms with E-state index in [0.717, 1.165) is 19.0 Å². The van der Waals surface area contributed by atoms with Gasteiger partial charge in [0.05, 0.1) is 0 Å². The van der Waals surface area contributed by atoms with Crippen LogP contribution in [-0.2, 0) is 0 Å². The third-order valence-corrected chi connectivity index (χ3v) is 4.99. The monoisotopic (exact) mass is 258 g/mol. The fraction of sp³-hybridized carbons (Fsp3) is 0.647. The van der Waals surface area contributed by atoms with Crippen LogP contribution in [0, 0.1) is 5.92 Å². The molecule has 1 saturated carbocycles. The second kappa shape index (κ2) is 4.92. The van der Waals surface area contributed by atoms with Crippen molar-refractivity contribution in [1.82, 2.24) is 10.2 Å². The lowest BCUT2D eigenvalue weighted by atomic mass is 9.93. The Morgan fingerprint density at radius 1 is 1.21 bits per heavy atom. The van der Waals surface area contributed by atoms with Gasteiger partial charge in [0, 0.05) is 30.7 Å². The van der Waals surface area contributed by atoms with E-state index in [0.29, 0.717) is 17.6 Å². The van der Waals surface area contributed by atoms with E-state index in [1.54, 1.807) is 0 Å². The van der Waals surface area contributed by atoms with Gasteiger partial charge in [-0.1, -0.05) is 44.2 Å². The SMILES string of the molecule is CC(C)C1CNC(c2ccccc2)CN1C1(C)CC1. The summed E-state index contributed by atoms with van der Waals surface area (Å²) in [5.41, 5.74) is 1.91. The molecule has 1 aliphatic heterocycles. The summed E-state index contributed by atoms with van der Waals surface area (Å²) in [4.78, 5) is 2.78. The van der Waals surface area contributed by atoms with Crippen molar-refractivity contribution >= 4 is 0 Å². The molecular weight excluding hydrogens is 232 g/mol. The van der Waals surface area contributed by atoms with Crippen molar-refractivity contribution in [1.29, 1.82) is 0 Å². The number of nitrogens with one attached hydrogen (secondary N) is 1. The molecule has 2 atom stereocenters. The van der Waals surface area contributed by atoms with Gasteiger partial charge in [-0.25, -0.2) is 0 Å². The van der Waals surface area contributed by atoms with Crippen molar-refractivity contribution in [2.75, 3.05) is 13.1 Å². The molecule has 104 valence electrons. The second-order valence-corrected chi connectivity index (χ2v) is 6.83. The number of nitrogens with zero attached hydrogens (tertiary/aromatic N) is 1. The highest BCUT2D eigenvalue weighted by Gasteiger charge is 2.48. The normalized spacial score (nSPS) is 30.5. The molecule has 1 aromatic carbocycles. The van der Waals surface area contributed by atoms with Crippen LogP contribution in [0.1, 0.15) is 45.2 Å². The number of benzene rings is 1. The van der Waals surface area contributed by atoms with Crippen LogP contribution < -0.4 is 5.32 Å². The predicted molar refractivity (Wildman–Crippen MR) is 80.2 cm³/mol. The van der Waals surface area contributed by atoms with Crippen LogP contribution in [0.2, 0.25) is 0 Å². The van der Waals surface area contributed by atoms with Gasteiger partial charge in [-0.2, -0.15) is 0 Å². The molecule has 2 fully saturated rings. The Labute approximate surface area is 117 Å². The van der Waals surface area contributed by atoms with Crippen molar-refractivity contribution < 1.29 is 0 Å². The van der Waals surface area contributed by atoms with Crippen LogP contribution in [0.4, 0.5) is 0 Å². The molecule has 2 heteroatoms. The van der Waals surface area contributed by atoms with Crippen molar-refractivity contribution in [2.45, 2.75) is 51.2 Å². The lowest BCUT2D eigenvalue weighted by Gasteiger charge is -2.46. The van der Waals surface area contributed by atoms with Crippen molar-refractivity contribution in [2.24, 2.45) is 5.92 Å². The molecule has 0 spiro atoms. The summed E-state index contributed by atoms with van der Waals surface area (Å²) in [5, 5.41) is 3.76. The average molecular weight is 258 g/mol. The summed E-state index contributed by atoms with van der Waals surface area (Å²) in [6, 6.07) is 12.1. The lowest BCUT2D eigenvalue weighted by molar-refractivity contribution is 0.0504. The minimum Gasteiger partial charge on any atom is -0.307 e. The first-order valence-corrected chi connectivity index (χ1v) is 7.65. The molecule has 2 aliphatic rings. The van der Waals surface area contributed by atoms with E-state index in [-0.39, 0.29) is 0 Å². The molecule has 1 heterocycles. The van der Waals surface area contributed by atoms with E-state index in [2.05, 4.69) is 61.3 Å². The van der Waals surface area contributed by atoms with Gasteiger partial charge in [0.15, 0.2) is 0 Å². The van der Waals surface area contributed by atoms with Crippen LogP contribution in [0.25, 0.3) is 0 Å². The molecule has 3 rings (SSSR count). The molecule has 0 amide bonds. The smallest absolute Gasteiger partial charge is 0.0450 e. The highest BCUT2D eigenvalue weighted by molar-refractivity contribution is 5.21. The average Bonchev–Trinajstić information content (AvgIpc) is 3.18. The fourth-order valence-electron chi connectivity index (χ4n) is 3.36. The van der Waals surface area contributed by atoms with Gasteiger partial charge in [0.25, 0.3) is 0 Å². The van der Waals surface area contributed by atoms with Crippen molar-refractivity contribution in [3.8, 4) is 0 Å². The van der Waals surface area contributed by atoms with Crippen LogP contribution in [0.15, 0.2) is 30.3 Å². The molecule has 0 aromatic heterocycles. The number of rotatable bonds is 3. The zero-order valence-electron chi connectivity index (χ0n) is 12.4. The second-order valence-electron chi connectivity index (χ2n) is 6.83. The van der Waals surface area contributed by atoms with Crippen LogP contribution in [0.3, 0.4) is 0 Å². The maximum Gasteiger partial charge on any atom is 0.0450 e. The molecule has 0 bridgehead atoms. The minimum absolute atomic E-state index is 0.476. The van der Waals surface area contributed by atoms with E-state index in [9.17, 15) is 0 Å². The Balaban J connectivity index is 1.79. The maximum atomic E-state index is 3.76. The quantitative estimate of drug-likeness (QED) is 0.895. The van der Waals surface area contributed by atoms with E-state index in [4.69, 9.17) is 0 Å². The van der Waals surface area contributed by atoms with Crippen LogP contribution >= 0.6 is 0 Å². The highest BCUT2D eigenvalue weighted by atomic mass is 15.3. The molecular formula is C17H26N2. The van der Waals surface area contributed by atoms with E-state index in [1.165, 1.54) is 18.4 Å². The Bertz CT molecular complexity index is 422. The summed E-state index contributed by atoms with van der Waals surface area (Å²) in [5.74, 6) is 0.724. The molecule has 0 radical (unpaired) electrons. The molecule has 2 nitrogen and oxygen atoms in total. The maximum absolute atomic E-state index is 3.76. The molecule has 2 unspecified atom stereocenters. The molecule has 1 saturated heterocycles. The topological polar surface area (TPSA) is 15.3 Å². The largest absolute Gasteiger partial charge is 0.307 e. The van der Waals surface area contributed by atoms with Crippen molar-refractivity contribution in [3.05, 3.63) is 35.9 Å². The number of hydrogen-bond donors (Lipinski definition) is 1. The Hall–Kier alpha value is -0.860. The first-order chi connectivity index (χ1) is 9.10. The van der Waals surface area contributed by atoms with Gasteiger partial charge in [-0.3, -0.25) is 4.90 Å². The van der Waals surface area contributed by atoms with Crippen molar-refractivity contribution in [3.63, 3.8) is 0 Å². The van der Waals surface area contributed by atoms with Crippen LogP contribution in [0.5, 0.6) is 0 Å². The zero-order valence-corrected chi connectivity index (χ0v) is 12.4. The zero-order chi connectivity index (χ0) is 13.5. The fourth-order valence-corrected chi connectivity index (χ4v) is 3.36. The third-order valence-electron chi connectivity index (χ3n) is 4.99.